The second-order valence-electron chi connectivity index (χ2n) is 7.02. The van der Waals surface area contributed by atoms with E-state index in [0.29, 0.717) is 6.42 Å². The molecule has 6 nitrogen and oxygen atoms in total. The van der Waals surface area contributed by atoms with Gasteiger partial charge in [0.2, 0.25) is 0 Å². The van der Waals surface area contributed by atoms with Gasteiger partial charge in [0.1, 0.15) is 11.7 Å². The minimum absolute atomic E-state index is 0.0998. The molecule has 0 saturated heterocycles. The largest absolute Gasteiger partial charge is 0.469 e. The maximum Gasteiger partial charge on any atom is 0.305 e. The maximum atomic E-state index is 12.2. The van der Waals surface area contributed by atoms with Crippen LogP contribution < -0.4 is 0 Å². The first-order valence-electron chi connectivity index (χ1n) is 10.1. The lowest BCUT2D eigenvalue weighted by molar-refractivity contribution is -0.147. The van der Waals surface area contributed by atoms with Crippen LogP contribution in [0.1, 0.15) is 58.8 Å². The van der Waals surface area contributed by atoms with Crippen LogP contribution in [0.2, 0.25) is 0 Å². The fourth-order valence-electron chi connectivity index (χ4n) is 2.95. The molecule has 0 aromatic rings. The Morgan fingerprint density at radius 2 is 2.03 bits per heavy atom. The van der Waals surface area contributed by atoms with Crippen molar-refractivity contribution in [1.82, 2.24) is 0 Å². The summed E-state index contributed by atoms with van der Waals surface area (Å²) in [4.78, 5) is 34.7. The first kappa shape index (κ1) is 24.6. The van der Waals surface area contributed by atoms with Gasteiger partial charge in [0.25, 0.3) is 0 Å². The van der Waals surface area contributed by atoms with Crippen molar-refractivity contribution in [2.75, 3.05) is 7.11 Å². The monoisotopic (exact) mass is 404 g/mol. The van der Waals surface area contributed by atoms with Crippen molar-refractivity contribution in [3.8, 4) is 0 Å². The summed E-state index contributed by atoms with van der Waals surface area (Å²) in [7, 11) is 1.29. The van der Waals surface area contributed by atoms with Gasteiger partial charge in [0.05, 0.1) is 7.11 Å². The molecule has 0 radical (unpaired) electrons. The van der Waals surface area contributed by atoms with Crippen LogP contribution in [0, 0.1) is 0 Å². The van der Waals surface area contributed by atoms with E-state index in [0.717, 1.165) is 19.3 Å². The highest BCUT2D eigenvalue weighted by molar-refractivity contribution is 6.09. The second kappa shape index (κ2) is 12.9. The van der Waals surface area contributed by atoms with Gasteiger partial charge in [-0.05, 0) is 37.5 Å². The molecule has 0 saturated carbocycles. The lowest BCUT2D eigenvalue weighted by atomic mass is 9.92. The molecule has 160 valence electrons. The Morgan fingerprint density at radius 3 is 2.69 bits per heavy atom. The number of allylic oxidation sites excluding steroid dienone is 4. The first-order chi connectivity index (χ1) is 13.8. The third-order valence-corrected chi connectivity index (χ3v) is 4.58. The number of carbonyl (C=O) groups is 3. The van der Waals surface area contributed by atoms with Crippen molar-refractivity contribution >= 4 is 17.7 Å². The summed E-state index contributed by atoms with van der Waals surface area (Å²) in [5, 5.41) is 10.8. The van der Waals surface area contributed by atoms with Crippen molar-refractivity contribution in [1.29, 1.82) is 0 Å². The summed E-state index contributed by atoms with van der Waals surface area (Å²) >= 11 is 0. The van der Waals surface area contributed by atoms with Gasteiger partial charge in [-0.2, -0.15) is 0 Å². The molecule has 0 amide bonds. The van der Waals surface area contributed by atoms with Gasteiger partial charge < -0.3 is 14.6 Å². The van der Waals surface area contributed by atoms with Gasteiger partial charge in [0, 0.05) is 25.3 Å². The van der Waals surface area contributed by atoms with Crippen molar-refractivity contribution in [2.45, 2.75) is 70.5 Å². The summed E-state index contributed by atoms with van der Waals surface area (Å²) < 4.78 is 9.76. The highest BCUT2D eigenvalue weighted by Gasteiger charge is 2.35. The predicted molar refractivity (Wildman–Crippen MR) is 111 cm³/mol. The molecule has 0 fully saturated rings. The summed E-state index contributed by atoms with van der Waals surface area (Å²) in [6, 6.07) is 0. The van der Waals surface area contributed by atoms with E-state index >= 15 is 0 Å². The Hall–Kier alpha value is -2.47. The molecule has 2 atom stereocenters. The Bertz CT molecular complexity index is 685. The first-order valence-corrected chi connectivity index (χ1v) is 10.1. The van der Waals surface area contributed by atoms with Gasteiger partial charge in [-0.3, -0.25) is 14.4 Å². The average molecular weight is 405 g/mol. The molecule has 1 aliphatic rings. The van der Waals surface area contributed by atoms with Crippen molar-refractivity contribution in [3.63, 3.8) is 0 Å². The lowest BCUT2D eigenvalue weighted by Gasteiger charge is -2.20. The van der Waals surface area contributed by atoms with Gasteiger partial charge in [-0.1, -0.05) is 44.1 Å². The van der Waals surface area contributed by atoms with Crippen LogP contribution >= 0.6 is 0 Å². The number of ketones is 1. The van der Waals surface area contributed by atoms with Gasteiger partial charge in [0.15, 0.2) is 5.78 Å². The molecule has 1 rings (SSSR count). The zero-order valence-electron chi connectivity index (χ0n) is 17.6. The summed E-state index contributed by atoms with van der Waals surface area (Å²) in [6.07, 6.45) is 15.9. The Morgan fingerprint density at radius 1 is 1.28 bits per heavy atom. The number of esters is 2. The maximum absolute atomic E-state index is 12.2. The minimum atomic E-state index is -1.34. The van der Waals surface area contributed by atoms with Crippen LogP contribution in [-0.2, 0) is 23.9 Å². The average Bonchev–Trinajstić information content (AvgIpc) is 2.96. The summed E-state index contributed by atoms with van der Waals surface area (Å²) in [5.74, 6) is -1.13. The lowest BCUT2D eigenvalue weighted by Crippen LogP contribution is -2.27. The van der Waals surface area contributed by atoms with Gasteiger partial charge in [-0.25, -0.2) is 0 Å². The molecule has 0 bridgehead atoms. The fraction of sp³-hybridized carbons (Fsp3) is 0.522. The zero-order chi connectivity index (χ0) is 21.7. The highest BCUT2D eigenvalue weighted by atomic mass is 16.5. The van der Waals surface area contributed by atoms with Crippen molar-refractivity contribution in [2.24, 2.45) is 0 Å². The molecule has 1 aliphatic carbocycles. The zero-order valence-corrected chi connectivity index (χ0v) is 17.6. The van der Waals surface area contributed by atoms with E-state index in [1.54, 1.807) is 12.2 Å². The molecular formula is C23H32O6. The Labute approximate surface area is 173 Å². The number of aliphatic hydroxyl groups is 1. The van der Waals surface area contributed by atoms with E-state index in [4.69, 9.17) is 4.74 Å². The molecule has 0 spiro atoms. The third-order valence-electron chi connectivity index (χ3n) is 4.58. The molecule has 0 aliphatic heterocycles. The topological polar surface area (TPSA) is 89.9 Å². The number of hydrogen-bond donors (Lipinski definition) is 1. The van der Waals surface area contributed by atoms with Crippen molar-refractivity contribution < 1.29 is 29.0 Å². The fourth-order valence-corrected chi connectivity index (χ4v) is 2.95. The molecule has 6 heteroatoms. The number of rotatable bonds is 12. The molecule has 0 aromatic carbocycles. The van der Waals surface area contributed by atoms with E-state index in [9.17, 15) is 19.5 Å². The number of unbranched alkanes of at least 4 members (excludes halogenated alkanes) is 3. The molecule has 0 aromatic heterocycles. The molecule has 1 N–H and O–H groups in total. The van der Waals surface area contributed by atoms with E-state index in [1.165, 1.54) is 38.7 Å². The minimum Gasteiger partial charge on any atom is -0.469 e. The predicted octanol–water partition coefficient (Wildman–Crippen LogP) is 3.75. The Balaban J connectivity index is 2.78. The van der Waals surface area contributed by atoms with Crippen LogP contribution in [0.15, 0.2) is 48.1 Å². The summed E-state index contributed by atoms with van der Waals surface area (Å²) in [5.41, 5.74) is -1.08. The normalized spacial score (nSPS) is 21.4. The SMILES string of the molecule is CCCCC/C=C\C[C@]1(O)C=CC(=O)/C1=C/C=C/[C@@H](CCC(=O)OC)OC(C)=O. The van der Waals surface area contributed by atoms with Crippen LogP contribution in [0.3, 0.4) is 0 Å². The van der Waals surface area contributed by atoms with Gasteiger partial charge in [-0.15, -0.1) is 0 Å². The number of methoxy groups -OCH3 is 1. The molecule has 29 heavy (non-hydrogen) atoms. The standard InChI is InChI=1S/C23H32O6/c1-4-5-6-7-8-9-16-23(27)17-15-21(25)20(23)12-10-11-19(29-18(2)24)13-14-22(26)28-3/h8-12,15,17,19,27H,4-7,13-14,16H2,1-3H3/b9-8-,11-10+,20-12-/t19-,23-/m0/s1. The van der Waals surface area contributed by atoms with Crippen LogP contribution in [0.5, 0.6) is 0 Å². The number of hydrogen-bond acceptors (Lipinski definition) is 6. The third kappa shape index (κ3) is 9.05. The number of ether oxygens (including phenoxy) is 2. The quantitative estimate of drug-likeness (QED) is 0.231. The Kier molecular flexibility index (Phi) is 10.9. The molecule has 0 unspecified atom stereocenters. The van der Waals surface area contributed by atoms with Gasteiger partial charge >= 0.3 is 11.9 Å². The van der Waals surface area contributed by atoms with E-state index in [-0.39, 0.29) is 24.2 Å². The molecule has 0 heterocycles. The number of carbonyl (C=O) groups excluding carboxylic acids is 3. The van der Waals surface area contributed by atoms with E-state index in [2.05, 4.69) is 11.7 Å². The smallest absolute Gasteiger partial charge is 0.305 e. The van der Waals surface area contributed by atoms with Crippen LogP contribution in [0.4, 0.5) is 0 Å². The van der Waals surface area contributed by atoms with E-state index in [1.807, 2.05) is 12.2 Å². The van der Waals surface area contributed by atoms with E-state index < -0.39 is 23.6 Å². The highest BCUT2D eigenvalue weighted by Crippen LogP contribution is 2.30. The van der Waals surface area contributed by atoms with Crippen LogP contribution in [0.25, 0.3) is 0 Å². The van der Waals surface area contributed by atoms with Crippen molar-refractivity contribution in [3.05, 3.63) is 48.1 Å². The molecular weight excluding hydrogens is 372 g/mol. The summed E-state index contributed by atoms with van der Waals surface area (Å²) in [6.45, 7) is 3.43. The van der Waals surface area contributed by atoms with Crippen LogP contribution in [-0.4, -0.2) is 41.6 Å². The second-order valence-corrected chi connectivity index (χ2v) is 7.02.